The largest absolute Gasteiger partial charge is 0.350 e. The number of amidine groups is 1. The molecule has 9 rings (SSSR count). The first kappa shape index (κ1) is 26.9. The average Bonchev–Trinajstić information content (AvgIpc) is 3.56. The van der Waals surface area contributed by atoms with E-state index in [1.54, 1.807) is 0 Å². The molecule has 46 heavy (non-hydrogen) atoms. The molecule has 7 aromatic rings. The van der Waals surface area contributed by atoms with Crippen LogP contribution < -0.4 is 10.6 Å². The summed E-state index contributed by atoms with van der Waals surface area (Å²) in [6.07, 6.45) is -0.475. The van der Waals surface area contributed by atoms with Crippen molar-refractivity contribution in [1.29, 1.82) is 0 Å². The number of benzene rings is 6. The molecule has 0 saturated carbocycles. The Hall–Kier alpha value is -5.45. The van der Waals surface area contributed by atoms with Crippen LogP contribution in [0, 0.1) is 0 Å². The summed E-state index contributed by atoms with van der Waals surface area (Å²) in [6, 6.07) is 52.3. The lowest BCUT2D eigenvalue weighted by atomic mass is 9.82. The van der Waals surface area contributed by atoms with Crippen molar-refractivity contribution >= 4 is 27.6 Å². The van der Waals surface area contributed by atoms with Crippen molar-refractivity contribution in [2.24, 2.45) is 4.99 Å². The molecule has 6 aromatic carbocycles. The van der Waals surface area contributed by atoms with E-state index in [4.69, 9.17) is 4.99 Å². The zero-order chi connectivity index (χ0) is 30.8. The fourth-order valence-electron chi connectivity index (χ4n) is 7.55. The Kier molecular flexibility index (Phi) is 6.02. The van der Waals surface area contributed by atoms with Crippen molar-refractivity contribution in [2.75, 3.05) is 0 Å². The Morgan fingerprint density at radius 3 is 1.98 bits per heavy atom. The first-order valence-electron chi connectivity index (χ1n) is 16.0. The van der Waals surface area contributed by atoms with Crippen molar-refractivity contribution in [1.82, 2.24) is 15.2 Å². The maximum Gasteiger partial charge on any atom is 0.184 e. The molecular formula is C42H34N4. The Morgan fingerprint density at radius 1 is 0.565 bits per heavy atom. The normalized spacial score (nSPS) is 18.2. The molecule has 0 radical (unpaired) electrons. The number of nitrogens with zero attached hydrogens (tertiary/aromatic N) is 2. The second kappa shape index (κ2) is 10.3. The molecule has 4 heteroatoms. The number of fused-ring (bicyclic) bond motifs is 6. The minimum atomic E-state index is -0.349. The van der Waals surface area contributed by atoms with Crippen LogP contribution in [0.25, 0.3) is 44.1 Å². The topological polar surface area (TPSA) is 41.4 Å². The minimum Gasteiger partial charge on any atom is -0.350 e. The molecule has 2 aliphatic rings. The van der Waals surface area contributed by atoms with Gasteiger partial charge in [-0.25, -0.2) is 4.99 Å². The van der Waals surface area contributed by atoms with Gasteiger partial charge in [0.2, 0.25) is 0 Å². The van der Waals surface area contributed by atoms with Gasteiger partial charge in [-0.3, -0.25) is 5.32 Å². The standard InChI is InChI=1S/C42H34N4/c1-42(2)35-21-13-12-20-31(35)33-25-34-32-23-22-30(27-14-6-3-7-15-27)24-37(32)46(38(34)26-36(33)42)41-44-39(28-16-8-4-9-17-28)43-40(45-41)29-18-10-5-11-19-29/h3-26,39,41,44H,1-2H3,(H,43,45). The molecule has 1 aliphatic heterocycles. The Morgan fingerprint density at radius 2 is 1.22 bits per heavy atom. The van der Waals surface area contributed by atoms with Gasteiger partial charge in [-0.2, -0.15) is 0 Å². The van der Waals surface area contributed by atoms with E-state index in [1.807, 2.05) is 0 Å². The van der Waals surface area contributed by atoms with Gasteiger partial charge in [0.05, 0.1) is 11.0 Å². The fourth-order valence-corrected chi connectivity index (χ4v) is 7.55. The quantitative estimate of drug-likeness (QED) is 0.213. The Balaban J connectivity index is 1.33. The third-order valence-electron chi connectivity index (χ3n) is 9.89. The number of nitrogens with one attached hydrogen (secondary N) is 2. The molecule has 4 nitrogen and oxygen atoms in total. The van der Waals surface area contributed by atoms with Crippen molar-refractivity contribution in [3.63, 3.8) is 0 Å². The SMILES string of the molecule is CC1(C)c2ccccc2-c2cc3c4ccc(-c5ccccc5)cc4n(C4N=C(c5ccccc5)NC(c5ccccc5)N4)c3cc21. The Labute approximate surface area is 269 Å². The second-order valence-electron chi connectivity index (χ2n) is 12.9. The molecule has 0 fully saturated rings. The van der Waals surface area contributed by atoms with Gasteiger partial charge in [-0.15, -0.1) is 0 Å². The van der Waals surface area contributed by atoms with Crippen molar-refractivity contribution in [3.05, 3.63) is 168 Å². The molecule has 2 atom stereocenters. The summed E-state index contributed by atoms with van der Waals surface area (Å²) in [5.74, 6) is 0.876. The lowest BCUT2D eigenvalue weighted by molar-refractivity contribution is 0.341. The van der Waals surface area contributed by atoms with Crippen LogP contribution in [-0.2, 0) is 5.41 Å². The van der Waals surface area contributed by atoms with Gasteiger partial charge in [-0.1, -0.05) is 141 Å². The molecule has 0 amide bonds. The molecule has 0 spiro atoms. The van der Waals surface area contributed by atoms with Gasteiger partial charge >= 0.3 is 0 Å². The summed E-state index contributed by atoms with van der Waals surface area (Å²) in [6.45, 7) is 4.70. The summed E-state index contributed by atoms with van der Waals surface area (Å²) in [5.41, 5.74) is 12.3. The highest BCUT2D eigenvalue weighted by atomic mass is 15.4. The van der Waals surface area contributed by atoms with Crippen LogP contribution >= 0.6 is 0 Å². The molecule has 2 heterocycles. The molecule has 0 saturated heterocycles. The van der Waals surface area contributed by atoms with Gasteiger partial charge in [-0.05, 0) is 57.1 Å². The minimum absolute atomic E-state index is 0.108. The number of hydrogen-bond donors (Lipinski definition) is 2. The third kappa shape index (κ3) is 4.14. The number of aliphatic imine (C=N–C) groups is 1. The molecule has 222 valence electrons. The number of rotatable bonds is 4. The van der Waals surface area contributed by atoms with Gasteiger partial charge < -0.3 is 9.88 Å². The van der Waals surface area contributed by atoms with E-state index in [9.17, 15) is 0 Å². The first-order valence-corrected chi connectivity index (χ1v) is 16.0. The van der Waals surface area contributed by atoms with Gasteiger partial charge in [0.1, 0.15) is 12.0 Å². The van der Waals surface area contributed by atoms with E-state index in [0.717, 1.165) is 16.9 Å². The van der Waals surface area contributed by atoms with E-state index >= 15 is 0 Å². The van der Waals surface area contributed by atoms with Crippen LogP contribution in [0.3, 0.4) is 0 Å². The zero-order valence-corrected chi connectivity index (χ0v) is 25.9. The maximum absolute atomic E-state index is 5.40. The highest BCUT2D eigenvalue weighted by Crippen LogP contribution is 2.51. The van der Waals surface area contributed by atoms with E-state index in [1.165, 1.54) is 55.2 Å². The van der Waals surface area contributed by atoms with Crippen LogP contribution in [0.2, 0.25) is 0 Å². The molecule has 2 N–H and O–H groups in total. The van der Waals surface area contributed by atoms with Crippen LogP contribution in [-0.4, -0.2) is 10.4 Å². The summed E-state index contributed by atoms with van der Waals surface area (Å²) < 4.78 is 2.43. The molecule has 1 aromatic heterocycles. The van der Waals surface area contributed by atoms with Crippen LogP contribution in [0.4, 0.5) is 0 Å². The summed E-state index contributed by atoms with van der Waals surface area (Å²) in [7, 11) is 0. The lowest BCUT2D eigenvalue weighted by Gasteiger charge is -2.33. The number of aromatic nitrogens is 1. The summed E-state index contributed by atoms with van der Waals surface area (Å²) in [4.78, 5) is 5.40. The average molecular weight is 595 g/mol. The van der Waals surface area contributed by atoms with Gasteiger partial charge in [0.15, 0.2) is 6.29 Å². The van der Waals surface area contributed by atoms with E-state index < -0.39 is 0 Å². The fraction of sp³-hybridized carbons (Fsp3) is 0.119. The lowest BCUT2D eigenvalue weighted by Crippen LogP contribution is -2.46. The smallest absolute Gasteiger partial charge is 0.184 e. The van der Waals surface area contributed by atoms with Crippen molar-refractivity contribution in [2.45, 2.75) is 31.7 Å². The Bertz CT molecular complexity index is 2280. The second-order valence-corrected chi connectivity index (χ2v) is 12.9. The summed E-state index contributed by atoms with van der Waals surface area (Å²) in [5, 5.41) is 10.1. The monoisotopic (exact) mass is 594 g/mol. The molecule has 2 unspecified atom stereocenters. The third-order valence-corrected chi connectivity index (χ3v) is 9.89. The van der Waals surface area contributed by atoms with E-state index in [2.05, 4.69) is 175 Å². The van der Waals surface area contributed by atoms with Gasteiger partial charge in [0.25, 0.3) is 0 Å². The molecular weight excluding hydrogens is 560 g/mol. The van der Waals surface area contributed by atoms with E-state index in [-0.39, 0.29) is 17.9 Å². The van der Waals surface area contributed by atoms with Crippen LogP contribution in [0.5, 0.6) is 0 Å². The zero-order valence-electron chi connectivity index (χ0n) is 25.9. The van der Waals surface area contributed by atoms with Gasteiger partial charge in [0, 0.05) is 21.8 Å². The predicted molar refractivity (Wildman–Crippen MR) is 190 cm³/mol. The highest BCUT2D eigenvalue weighted by Gasteiger charge is 2.37. The van der Waals surface area contributed by atoms with Crippen LogP contribution in [0.15, 0.2) is 151 Å². The predicted octanol–water partition coefficient (Wildman–Crippen LogP) is 9.56. The highest BCUT2D eigenvalue weighted by molar-refractivity contribution is 6.11. The van der Waals surface area contributed by atoms with Crippen molar-refractivity contribution in [3.8, 4) is 22.3 Å². The maximum atomic E-state index is 5.40. The van der Waals surface area contributed by atoms with Crippen molar-refractivity contribution < 1.29 is 0 Å². The molecule has 0 bridgehead atoms. The first-order chi connectivity index (χ1) is 22.6. The van der Waals surface area contributed by atoms with Crippen LogP contribution in [0.1, 0.15) is 48.6 Å². The molecule has 1 aliphatic carbocycles. The number of hydrogen-bond acceptors (Lipinski definition) is 3. The van der Waals surface area contributed by atoms with E-state index in [0.29, 0.717) is 0 Å². The summed E-state index contributed by atoms with van der Waals surface area (Å²) >= 11 is 0.